The molecule has 0 bridgehead atoms. The normalized spacial score (nSPS) is 26.0. The van der Waals surface area contributed by atoms with Gasteiger partial charge in [-0.25, -0.2) is 0 Å². The lowest BCUT2D eigenvalue weighted by atomic mass is 9.99. The predicted octanol–water partition coefficient (Wildman–Crippen LogP) is -0.266. The summed E-state index contributed by atoms with van der Waals surface area (Å²) in [7, 11) is 4.09. The van der Waals surface area contributed by atoms with E-state index in [0.717, 1.165) is 0 Å². The van der Waals surface area contributed by atoms with E-state index in [4.69, 9.17) is 28.1 Å². The molecule has 1 fully saturated rings. The van der Waals surface area contributed by atoms with Gasteiger partial charge in [0.2, 0.25) is 12.0 Å². The van der Waals surface area contributed by atoms with E-state index in [1.807, 2.05) is 0 Å². The maximum absolute atomic E-state index is 11.8. The van der Waals surface area contributed by atoms with E-state index in [9.17, 15) is 25.2 Å². The first-order chi connectivity index (χ1) is 14.9. The van der Waals surface area contributed by atoms with Gasteiger partial charge >= 0.3 is 5.97 Å². The minimum atomic E-state index is -1.64. The average Bonchev–Trinajstić information content (AvgIpc) is 3.26. The van der Waals surface area contributed by atoms with E-state index in [1.165, 1.54) is 27.6 Å². The Morgan fingerprint density at radius 3 is 2.35 bits per heavy atom. The summed E-state index contributed by atoms with van der Waals surface area (Å²) in [5, 5.41) is 40.5. The molecule has 0 aliphatic carbocycles. The van der Waals surface area contributed by atoms with Crippen molar-refractivity contribution in [3.05, 3.63) is 17.9 Å². The Hall–Kier alpha value is -2.57. The molecule has 0 unspecified atom stereocenters. The molecule has 31 heavy (non-hydrogen) atoms. The van der Waals surface area contributed by atoms with Gasteiger partial charge < -0.3 is 48.5 Å². The van der Waals surface area contributed by atoms with Crippen molar-refractivity contribution in [1.29, 1.82) is 0 Å². The number of fused-ring (bicyclic) bond motifs is 1. The van der Waals surface area contributed by atoms with Crippen LogP contribution in [0.25, 0.3) is 11.0 Å². The summed E-state index contributed by atoms with van der Waals surface area (Å²) < 4.78 is 32.6. The van der Waals surface area contributed by atoms with E-state index in [1.54, 1.807) is 6.07 Å². The summed E-state index contributed by atoms with van der Waals surface area (Å²) >= 11 is 0. The number of esters is 1. The van der Waals surface area contributed by atoms with Crippen molar-refractivity contribution in [3.8, 4) is 17.2 Å². The van der Waals surface area contributed by atoms with Crippen LogP contribution in [0.4, 0.5) is 0 Å². The van der Waals surface area contributed by atoms with Crippen molar-refractivity contribution in [2.24, 2.45) is 0 Å². The summed E-state index contributed by atoms with van der Waals surface area (Å²) in [6.45, 7) is -0.613. The van der Waals surface area contributed by atoms with Crippen LogP contribution < -0.4 is 14.2 Å². The van der Waals surface area contributed by atoms with E-state index >= 15 is 0 Å². The molecule has 1 aromatic carbocycles. The lowest BCUT2D eigenvalue weighted by Gasteiger charge is -2.40. The number of ether oxygens (including phenoxy) is 5. The van der Waals surface area contributed by atoms with Crippen LogP contribution in [-0.4, -0.2) is 85.0 Å². The van der Waals surface area contributed by atoms with Gasteiger partial charge in [0.25, 0.3) is 0 Å². The number of rotatable bonds is 8. The van der Waals surface area contributed by atoms with Crippen molar-refractivity contribution in [2.45, 2.75) is 43.5 Å². The lowest BCUT2D eigenvalue weighted by Crippen LogP contribution is -2.60. The second-order valence-electron chi connectivity index (χ2n) is 6.93. The first-order valence-corrected chi connectivity index (χ1v) is 9.55. The number of benzene rings is 1. The number of aliphatic hydroxyl groups excluding tert-OH is 4. The van der Waals surface area contributed by atoms with E-state index in [-0.39, 0.29) is 24.3 Å². The molecule has 0 saturated carbocycles. The van der Waals surface area contributed by atoms with Crippen molar-refractivity contribution in [1.82, 2.24) is 0 Å². The number of carbonyl (C=O) groups is 1. The van der Waals surface area contributed by atoms with Gasteiger partial charge in [-0.2, -0.15) is 0 Å². The largest absolute Gasteiger partial charge is 0.496 e. The molecule has 11 nitrogen and oxygen atoms in total. The monoisotopic (exact) mass is 442 g/mol. The summed E-state index contributed by atoms with van der Waals surface area (Å²) in [5.41, 5.74) is 0.705. The Balaban J connectivity index is 2.09. The van der Waals surface area contributed by atoms with Gasteiger partial charge in [0.1, 0.15) is 30.2 Å². The molecule has 1 aliphatic heterocycles. The van der Waals surface area contributed by atoms with E-state index in [0.29, 0.717) is 22.3 Å². The average molecular weight is 442 g/mol. The molecule has 0 radical (unpaired) electrons. The highest BCUT2D eigenvalue weighted by Crippen LogP contribution is 2.47. The molecule has 1 aromatic heterocycles. The summed E-state index contributed by atoms with van der Waals surface area (Å²) in [4.78, 5) is 11.8. The summed E-state index contributed by atoms with van der Waals surface area (Å²) in [6, 6.07) is 1.66. The van der Waals surface area contributed by atoms with Crippen molar-refractivity contribution in [2.75, 3.05) is 27.9 Å². The van der Waals surface area contributed by atoms with E-state index in [2.05, 4.69) is 0 Å². The molecule has 1 saturated heterocycles. The predicted molar refractivity (Wildman–Crippen MR) is 104 cm³/mol. The van der Waals surface area contributed by atoms with Gasteiger partial charge in [0, 0.05) is 12.0 Å². The SMILES string of the molecule is COC(=O)CCc1c(O[C@@H]2O[C@H](CO)[C@@H](O)[C@H](O)[C@H]2O)c(OC)c2occc2c1OC. The highest BCUT2D eigenvalue weighted by molar-refractivity contribution is 5.93. The second kappa shape index (κ2) is 9.71. The Labute approximate surface area is 177 Å². The summed E-state index contributed by atoms with van der Waals surface area (Å²) in [5.74, 6) is 0.0906. The number of furan rings is 1. The van der Waals surface area contributed by atoms with Crippen LogP contribution in [-0.2, 0) is 20.7 Å². The van der Waals surface area contributed by atoms with Crippen molar-refractivity contribution in [3.63, 3.8) is 0 Å². The van der Waals surface area contributed by atoms with Crippen LogP contribution in [0.2, 0.25) is 0 Å². The molecule has 2 heterocycles. The molecule has 172 valence electrons. The van der Waals surface area contributed by atoms with Gasteiger partial charge in [-0.15, -0.1) is 0 Å². The quantitative estimate of drug-likeness (QED) is 0.399. The number of hydrogen-bond acceptors (Lipinski definition) is 11. The van der Waals surface area contributed by atoms with Crippen LogP contribution in [0.5, 0.6) is 17.2 Å². The van der Waals surface area contributed by atoms with E-state index < -0.39 is 43.3 Å². The fraction of sp³-hybridized carbons (Fsp3) is 0.550. The molecular weight excluding hydrogens is 416 g/mol. The standard InChI is InChI=1S/C20H26O11/c1-26-12(22)5-4-9-16(27-2)10-6-7-29-17(10)19(28-3)18(9)31-20-15(25)14(24)13(23)11(8-21)30-20/h6-7,11,13-15,20-21,23-25H,4-5,8H2,1-3H3/t11-,13-,14+,15-,20+/m1/s1. The zero-order chi connectivity index (χ0) is 22.7. The molecule has 2 aromatic rings. The highest BCUT2D eigenvalue weighted by atomic mass is 16.7. The molecule has 4 N–H and O–H groups in total. The number of aliphatic hydroxyl groups is 4. The molecule has 5 atom stereocenters. The topological polar surface area (TPSA) is 157 Å². The van der Waals surface area contributed by atoms with Crippen LogP contribution in [0, 0.1) is 0 Å². The Bertz CT molecular complexity index is 906. The third-order valence-corrected chi connectivity index (χ3v) is 5.17. The lowest BCUT2D eigenvalue weighted by molar-refractivity contribution is -0.277. The van der Waals surface area contributed by atoms with Crippen LogP contribution >= 0.6 is 0 Å². The highest BCUT2D eigenvalue weighted by Gasteiger charge is 2.45. The van der Waals surface area contributed by atoms with Gasteiger partial charge in [-0.3, -0.25) is 4.79 Å². The van der Waals surface area contributed by atoms with Gasteiger partial charge in [0.05, 0.1) is 39.6 Å². The van der Waals surface area contributed by atoms with Crippen LogP contribution in [0.15, 0.2) is 16.7 Å². The summed E-state index contributed by atoms with van der Waals surface area (Å²) in [6.07, 6.45) is -5.91. The molecule has 3 rings (SSSR count). The Kier molecular flexibility index (Phi) is 7.23. The zero-order valence-electron chi connectivity index (χ0n) is 17.3. The van der Waals surface area contributed by atoms with Crippen molar-refractivity contribution < 1.29 is 53.3 Å². The minimum absolute atomic E-state index is 0.00951. The number of carbonyl (C=O) groups excluding carboxylic acids is 1. The molecule has 11 heteroatoms. The maximum atomic E-state index is 11.8. The molecule has 0 amide bonds. The van der Waals surface area contributed by atoms with Gasteiger partial charge in [-0.1, -0.05) is 0 Å². The van der Waals surface area contributed by atoms with Gasteiger partial charge in [-0.05, 0) is 12.5 Å². The number of methoxy groups -OCH3 is 3. The van der Waals surface area contributed by atoms with Crippen LogP contribution in [0.1, 0.15) is 12.0 Å². The van der Waals surface area contributed by atoms with Gasteiger partial charge in [0.15, 0.2) is 11.3 Å². The smallest absolute Gasteiger partial charge is 0.305 e. The first-order valence-electron chi connectivity index (χ1n) is 9.55. The third-order valence-electron chi connectivity index (χ3n) is 5.17. The maximum Gasteiger partial charge on any atom is 0.305 e. The first kappa shape index (κ1) is 23.1. The third kappa shape index (κ3) is 4.27. The van der Waals surface area contributed by atoms with Crippen molar-refractivity contribution >= 4 is 16.9 Å². The number of hydrogen-bond donors (Lipinski definition) is 4. The fourth-order valence-corrected chi connectivity index (χ4v) is 3.55. The van der Waals surface area contributed by atoms with Crippen LogP contribution in [0.3, 0.4) is 0 Å². The minimum Gasteiger partial charge on any atom is -0.496 e. The Morgan fingerprint density at radius 1 is 1.03 bits per heavy atom. The molecule has 1 aliphatic rings. The second-order valence-corrected chi connectivity index (χ2v) is 6.93. The fourth-order valence-electron chi connectivity index (χ4n) is 3.55. The molecular formula is C20H26O11. The molecule has 0 spiro atoms. The zero-order valence-corrected chi connectivity index (χ0v) is 17.3. The Morgan fingerprint density at radius 2 is 1.74 bits per heavy atom.